The first-order valence-electron chi connectivity index (χ1n) is 6.93. The van der Waals surface area contributed by atoms with Gasteiger partial charge in [0.25, 0.3) is 5.91 Å². The monoisotopic (exact) mass is 467 g/mol. The van der Waals surface area contributed by atoms with Crippen LogP contribution in [0.1, 0.15) is 21.7 Å². The zero-order chi connectivity index (χ0) is 17.5. The van der Waals surface area contributed by atoms with Crippen LogP contribution < -0.4 is 4.90 Å². The van der Waals surface area contributed by atoms with Crippen molar-refractivity contribution in [2.24, 2.45) is 0 Å². The fourth-order valence-corrected chi connectivity index (χ4v) is 4.41. The number of thiophene rings is 1. The fourth-order valence-electron chi connectivity index (χ4n) is 2.73. The van der Waals surface area contributed by atoms with E-state index in [0.717, 1.165) is 3.79 Å². The van der Waals surface area contributed by atoms with E-state index < -0.39 is 11.5 Å². The summed E-state index contributed by atoms with van der Waals surface area (Å²) in [5.74, 6) is 1.55. The summed E-state index contributed by atoms with van der Waals surface area (Å²) in [5.41, 5.74) is -0.992. The average molecular weight is 469 g/mol. The number of rotatable bonds is 4. The Bertz CT molecular complexity index is 886. The summed E-state index contributed by atoms with van der Waals surface area (Å²) in [4.78, 5) is 27.1. The molecule has 1 aliphatic rings. The van der Waals surface area contributed by atoms with Crippen molar-refractivity contribution in [3.8, 4) is 12.3 Å². The number of terminal acetylenes is 1. The predicted octanol–water partition coefficient (Wildman–Crippen LogP) is 3.71. The predicted molar refractivity (Wildman–Crippen MR) is 100 cm³/mol. The van der Waals surface area contributed by atoms with E-state index in [1.165, 1.54) is 16.2 Å². The van der Waals surface area contributed by atoms with Crippen molar-refractivity contribution in [3.05, 3.63) is 49.0 Å². The van der Waals surface area contributed by atoms with Crippen LogP contribution in [0.15, 0.2) is 38.6 Å². The van der Waals surface area contributed by atoms with Crippen LogP contribution in [0.2, 0.25) is 0 Å². The maximum Gasteiger partial charge on any atom is 0.265 e. The van der Waals surface area contributed by atoms with Crippen LogP contribution >= 0.6 is 43.2 Å². The molecule has 1 aliphatic heterocycles. The second kappa shape index (κ2) is 6.45. The first-order valence-corrected chi connectivity index (χ1v) is 9.33. The summed E-state index contributed by atoms with van der Waals surface area (Å²) in [6, 6.07) is 8.55. The Morgan fingerprint density at radius 3 is 2.71 bits per heavy atom. The van der Waals surface area contributed by atoms with E-state index in [-0.39, 0.29) is 18.7 Å². The molecule has 24 heavy (non-hydrogen) atoms. The number of fused-ring (bicyclic) bond motifs is 1. The lowest BCUT2D eigenvalue weighted by Crippen LogP contribution is -2.42. The van der Waals surface area contributed by atoms with Gasteiger partial charge in [0.05, 0.1) is 27.3 Å². The summed E-state index contributed by atoms with van der Waals surface area (Å²) in [7, 11) is 0. The highest BCUT2D eigenvalue weighted by molar-refractivity contribution is 9.11. The fraction of sp³-hybridized carbons (Fsp3) is 0.176. The lowest BCUT2D eigenvalue weighted by molar-refractivity contribution is -0.135. The Morgan fingerprint density at radius 2 is 2.08 bits per heavy atom. The molecule has 0 spiro atoms. The van der Waals surface area contributed by atoms with Gasteiger partial charge in [-0.05, 0) is 46.3 Å². The van der Waals surface area contributed by atoms with Crippen LogP contribution in [0.5, 0.6) is 0 Å². The normalized spacial score (nSPS) is 19.2. The van der Waals surface area contributed by atoms with Gasteiger partial charge in [-0.1, -0.05) is 21.9 Å². The van der Waals surface area contributed by atoms with Crippen LogP contribution in [-0.4, -0.2) is 23.3 Å². The number of ketones is 1. The molecule has 1 amide bonds. The number of hydrogen-bond donors (Lipinski definition) is 1. The molecule has 4 nitrogen and oxygen atoms in total. The maximum atomic E-state index is 12.8. The number of nitrogens with zero attached hydrogens (tertiary/aromatic N) is 1. The molecule has 1 unspecified atom stereocenters. The molecule has 0 saturated carbocycles. The van der Waals surface area contributed by atoms with Gasteiger partial charge in [0.2, 0.25) is 0 Å². The summed E-state index contributed by atoms with van der Waals surface area (Å²) in [5, 5.41) is 11.1. The van der Waals surface area contributed by atoms with Crippen LogP contribution in [0, 0.1) is 12.3 Å². The topological polar surface area (TPSA) is 57.6 Å². The molecular formula is C17H11Br2NO3S. The van der Waals surface area contributed by atoms with E-state index in [0.29, 0.717) is 20.6 Å². The van der Waals surface area contributed by atoms with Crippen LogP contribution in [0.3, 0.4) is 0 Å². The smallest absolute Gasteiger partial charge is 0.265 e. The zero-order valence-corrected chi connectivity index (χ0v) is 16.2. The molecule has 0 fully saturated rings. The minimum atomic E-state index is -1.91. The molecule has 0 saturated heterocycles. The first-order chi connectivity index (χ1) is 11.4. The molecule has 1 aromatic heterocycles. The van der Waals surface area contributed by atoms with Gasteiger partial charge >= 0.3 is 0 Å². The number of hydrogen-bond acceptors (Lipinski definition) is 4. The van der Waals surface area contributed by atoms with E-state index in [2.05, 4.69) is 37.8 Å². The second-order valence-electron chi connectivity index (χ2n) is 5.32. The molecular weight excluding hydrogens is 458 g/mol. The van der Waals surface area contributed by atoms with E-state index in [9.17, 15) is 14.7 Å². The van der Waals surface area contributed by atoms with Gasteiger partial charge in [-0.3, -0.25) is 14.5 Å². The third-order valence-electron chi connectivity index (χ3n) is 3.81. The van der Waals surface area contributed by atoms with E-state index in [4.69, 9.17) is 6.42 Å². The van der Waals surface area contributed by atoms with Crippen molar-refractivity contribution in [1.82, 2.24) is 0 Å². The average Bonchev–Trinajstić information content (AvgIpc) is 3.05. The summed E-state index contributed by atoms with van der Waals surface area (Å²) in [6.07, 6.45) is 5.01. The van der Waals surface area contributed by atoms with Gasteiger partial charge in [0, 0.05) is 10.0 Å². The number of carbonyl (C=O) groups excluding carboxylic acids is 2. The van der Waals surface area contributed by atoms with Gasteiger partial charge in [-0.2, -0.15) is 0 Å². The standard InChI is InChI=1S/C17H11Br2NO3S/c1-2-7-20-12-4-3-10(18)8-11(12)17(23,16(20)22)9-13(21)14-5-6-15(19)24-14/h1,3-6,8,23H,7,9H2. The molecule has 122 valence electrons. The van der Waals surface area contributed by atoms with Crippen LogP contribution in [0.4, 0.5) is 5.69 Å². The number of Topliss-reactive ketones (excluding diaryl/α,β-unsaturated/α-hetero) is 1. The number of halogens is 2. The Labute approximate surface area is 159 Å². The lowest BCUT2D eigenvalue weighted by Gasteiger charge is -2.21. The highest BCUT2D eigenvalue weighted by Crippen LogP contribution is 2.44. The molecule has 1 aromatic carbocycles. The van der Waals surface area contributed by atoms with E-state index in [1.54, 1.807) is 30.3 Å². The van der Waals surface area contributed by atoms with Crippen molar-refractivity contribution in [2.45, 2.75) is 12.0 Å². The van der Waals surface area contributed by atoms with Gasteiger partial charge in [-0.15, -0.1) is 17.8 Å². The van der Waals surface area contributed by atoms with Crippen molar-refractivity contribution >= 4 is 60.6 Å². The van der Waals surface area contributed by atoms with Crippen LogP contribution in [-0.2, 0) is 10.4 Å². The van der Waals surface area contributed by atoms with E-state index in [1.807, 2.05) is 0 Å². The third-order valence-corrected chi connectivity index (χ3v) is 5.97. The van der Waals surface area contributed by atoms with Crippen molar-refractivity contribution in [1.29, 1.82) is 0 Å². The molecule has 1 N–H and O–H groups in total. The Kier molecular flexibility index (Phi) is 4.67. The Morgan fingerprint density at radius 1 is 1.33 bits per heavy atom. The molecule has 0 aliphatic carbocycles. The SMILES string of the molecule is C#CCN1C(=O)C(O)(CC(=O)c2ccc(Br)s2)c2cc(Br)ccc21. The highest BCUT2D eigenvalue weighted by Gasteiger charge is 2.51. The van der Waals surface area contributed by atoms with Crippen LogP contribution in [0.25, 0.3) is 0 Å². The van der Waals surface area contributed by atoms with Gasteiger partial charge in [0.15, 0.2) is 11.4 Å². The molecule has 0 bridgehead atoms. The van der Waals surface area contributed by atoms with Crippen molar-refractivity contribution < 1.29 is 14.7 Å². The molecule has 2 heterocycles. The Hall–Kier alpha value is -1.46. The second-order valence-corrected chi connectivity index (χ2v) is 8.70. The molecule has 0 radical (unpaired) electrons. The molecule has 1 atom stereocenters. The number of anilines is 1. The third kappa shape index (κ3) is 2.84. The van der Waals surface area contributed by atoms with Gasteiger partial charge in [-0.25, -0.2) is 0 Å². The molecule has 2 aromatic rings. The van der Waals surface area contributed by atoms with E-state index >= 15 is 0 Å². The molecule has 3 rings (SSSR count). The lowest BCUT2D eigenvalue weighted by atomic mass is 9.89. The van der Waals surface area contributed by atoms with Gasteiger partial charge < -0.3 is 5.11 Å². The highest BCUT2D eigenvalue weighted by atomic mass is 79.9. The minimum absolute atomic E-state index is 0.0362. The number of benzene rings is 1. The minimum Gasteiger partial charge on any atom is -0.375 e. The largest absolute Gasteiger partial charge is 0.375 e. The number of amides is 1. The number of aliphatic hydroxyl groups is 1. The van der Waals surface area contributed by atoms with Crippen molar-refractivity contribution in [3.63, 3.8) is 0 Å². The molecule has 7 heteroatoms. The number of carbonyl (C=O) groups is 2. The van der Waals surface area contributed by atoms with Gasteiger partial charge in [0.1, 0.15) is 0 Å². The first kappa shape index (κ1) is 17.4. The summed E-state index contributed by atoms with van der Waals surface area (Å²) < 4.78 is 1.52. The Balaban J connectivity index is 2.02. The maximum absolute atomic E-state index is 12.8. The zero-order valence-electron chi connectivity index (χ0n) is 12.3. The van der Waals surface area contributed by atoms with Crippen molar-refractivity contribution in [2.75, 3.05) is 11.4 Å². The quantitative estimate of drug-likeness (QED) is 0.549. The summed E-state index contributed by atoms with van der Waals surface area (Å²) >= 11 is 7.91. The summed E-state index contributed by atoms with van der Waals surface area (Å²) in [6.45, 7) is 0.0362.